The van der Waals surface area contributed by atoms with Gasteiger partial charge in [0, 0.05) is 48.7 Å². The lowest BCUT2D eigenvalue weighted by atomic mass is 9.94. The van der Waals surface area contributed by atoms with Gasteiger partial charge in [0.1, 0.15) is 0 Å². The highest BCUT2D eigenvalue weighted by atomic mass is 16.2. The SMILES string of the molecule is Cc1cc(C)nc(NC[C@@H]2CC(=O)N(C3CC3)[C@H]2c2cccnc2)n1. The van der Waals surface area contributed by atoms with Crippen LogP contribution in [-0.2, 0) is 4.79 Å². The first-order valence-electron chi connectivity index (χ1n) is 8.89. The van der Waals surface area contributed by atoms with Crippen LogP contribution in [0.5, 0.6) is 0 Å². The van der Waals surface area contributed by atoms with Crippen LogP contribution < -0.4 is 5.32 Å². The summed E-state index contributed by atoms with van der Waals surface area (Å²) in [6.07, 6.45) is 6.46. The molecule has 2 aromatic heterocycles. The number of anilines is 1. The van der Waals surface area contributed by atoms with Gasteiger partial charge >= 0.3 is 0 Å². The van der Waals surface area contributed by atoms with Gasteiger partial charge < -0.3 is 10.2 Å². The lowest BCUT2D eigenvalue weighted by molar-refractivity contribution is -0.129. The number of aromatic nitrogens is 3. The molecule has 1 aliphatic carbocycles. The molecule has 4 rings (SSSR count). The summed E-state index contributed by atoms with van der Waals surface area (Å²) >= 11 is 0. The summed E-state index contributed by atoms with van der Waals surface area (Å²) in [5, 5.41) is 3.35. The average molecular weight is 337 g/mol. The Morgan fingerprint density at radius 3 is 2.64 bits per heavy atom. The van der Waals surface area contributed by atoms with E-state index in [1.807, 2.05) is 32.2 Å². The lowest BCUT2D eigenvalue weighted by Crippen LogP contribution is -2.32. The van der Waals surface area contributed by atoms with Gasteiger partial charge in [-0.3, -0.25) is 9.78 Å². The van der Waals surface area contributed by atoms with Crippen molar-refractivity contribution in [2.45, 2.75) is 45.2 Å². The van der Waals surface area contributed by atoms with Gasteiger partial charge in [0.15, 0.2) is 0 Å². The second-order valence-corrected chi connectivity index (χ2v) is 7.08. The van der Waals surface area contributed by atoms with E-state index >= 15 is 0 Å². The van der Waals surface area contributed by atoms with Gasteiger partial charge in [0.2, 0.25) is 11.9 Å². The first-order valence-corrected chi connectivity index (χ1v) is 8.89. The van der Waals surface area contributed by atoms with E-state index in [1.54, 1.807) is 6.20 Å². The number of pyridine rings is 1. The largest absolute Gasteiger partial charge is 0.354 e. The Balaban J connectivity index is 1.55. The Kier molecular flexibility index (Phi) is 4.11. The summed E-state index contributed by atoms with van der Waals surface area (Å²) in [5.74, 6) is 1.09. The van der Waals surface area contributed by atoms with Crippen LogP contribution in [0.15, 0.2) is 30.6 Å². The van der Waals surface area contributed by atoms with Crippen molar-refractivity contribution >= 4 is 11.9 Å². The Hall–Kier alpha value is -2.50. The summed E-state index contributed by atoms with van der Waals surface area (Å²) in [5.41, 5.74) is 3.01. The third kappa shape index (κ3) is 3.34. The molecule has 0 bridgehead atoms. The quantitative estimate of drug-likeness (QED) is 0.908. The highest BCUT2D eigenvalue weighted by molar-refractivity contribution is 5.80. The summed E-state index contributed by atoms with van der Waals surface area (Å²) in [6, 6.07) is 6.47. The van der Waals surface area contributed by atoms with Crippen LogP contribution in [0.3, 0.4) is 0 Å². The molecule has 0 spiro atoms. The normalized spacial score (nSPS) is 23.1. The fraction of sp³-hybridized carbons (Fsp3) is 0.474. The number of likely N-dealkylation sites (tertiary alicyclic amines) is 1. The second-order valence-electron chi connectivity index (χ2n) is 7.08. The number of aryl methyl sites for hydroxylation is 2. The van der Waals surface area contributed by atoms with Crippen molar-refractivity contribution in [3.8, 4) is 0 Å². The number of carbonyl (C=O) groups excluding carboxylic acids is 1. The molecular formula is C19H23N5O. The maximum absolute atomic E-state index is 12.6. The first kappa shape index (κ1) is 16.0. The molecule has 25 heavy (non-hydrogen) atoms. The molecule has 0 unspecified atom stereocenters. The molecule has 2 aromatic rings. The van der Waals surface area contributed by atoms with Crippen molar-refractivity contribution in [3.63, 3.8) is 0 Å². The van der Waals surface area contributed by atoms with Gasteiger partial charge in [-0.05, 0) is 44.4 Å². The molecule has 1 N–H and O–H groups in total. The van der Waals surface area contributed by atoms with Crippen LogP contribution in [0.4, 0.5) is 5.95 Å². The maximum Gasteiger partial charge on any atom is 0.223 e. The van der Waals surface area contributed by atoms with E-state index in [0.29, 0.717) is 25.0 Å². The molecule has 2 atom stereocenters. The summed E-state index contributed by atoms with van der Waals surface area (Å²) in [6.45, 7) is 4.61. The topological polar surface area (TPSA) is 71.0 Å². The Labute approximate surface area is 147 Å². The Morgan fingerprint density at radius 2 is 2.00 bits per heavy atom. The van der Waals surface area contributed by atoms with Gasteiger partial charge in [-0.1, -0.05) is 6.07 Å². The van der Waals surface area contributed by atoms with Crippen molar-refractivity contribution in [1.29, 1.82) is 0 Å². The van der Waals surface area contributed by atoms with Gasteiger partial charge in [-0.2, -0.15) is 0 Å². The number of nitrogens with zero attached hydrogens (tertiary/aromatic N) is 4. The molecule has 1 saturated heterocycles. The minimum absolute atomic E-state index is 0.0899. The van der Waals surface area contributed by atoms with Crippen molar-refractivity contribution < 1.29 is 4.79 Å². The highest BCUT2D eigenvalue weighted by Gasteiger charge is 2.47. The van der Waals surface area contributed by atoms with Gasteiger partial charge in [0.05, 0.1) is 6.04 Å². The van der Waals surface area contributed by atoms with Crippen LogP contribution in [-0.4, -0.2) is 38.3 Å². The Bertz CT molecular complexity index is 754. The predicted octanol–water partition coefficient (Wildman–Crippen LogP) is 2.65. The third-order valence-electron chi connectivity index (χ3n) is 4.94. The molecule has 130 valence electrons. The van der Waals surface area contributed by atoms with E-state index in [4.69, 9.17) is 0 Å². The van der Waals surface area contributed by atoms with Crippen LogP contribution in [0, 0.1) is 19.8 Å². The number of hydrogen-bond acceptors (Lipinski definition) is 5. The van der Waals surface area contributed by atoms with Gasteiger partial charge in [-0.25, -0.2) is 9.97 Å². The number of amides is 1. The van der Waals surface area contributed by atoms with Crippen LogP contribution in [0.1, 0.15) is 42.3 Å². The second kappa shape index (κ2) is 6.43. The number of rotatable bonds is 5. The fourth-order valence-corrected chi connectivity index (χ4v) is 3.80. The van der Waals surface area contributed by atoms with E-state index in [-0.39, 0.29) is 17.9 Å². The van der Waals surface area contributed by atoms with Crippen molar-refractivity contribution in [2.75, 3.05) is 11.9 Å². The molecule has 3 heterocycles. The van der Waals surface area contributed by atoms with Crippen molar-refractivity contribution in [3.05, 3.63) is 47.5 Å². The first-order chi connectivity index (χ1) is 12.1. The number of carbonyl (C=O) groups is 1. The minimum atomic E-state index is 0.0899. The third-order valence-corrected chi connectivity index (χ3v) is 4.94. The van der Waals surface area contributed by atoms with Crippen molar-refractivity contribution in [2.24, 2.45) is 5.92 Å². The van der Waals surface area contributed by atoms with Crippen LogP contribution in [0.2, 0.25) is 0 Å². The van der Waals surface area contributed by atoms with Crippen LogP contribution >= 0.6 is 0 Å². The van der Waals surface area contributed by atoms with Gasteiger partial charge in [0.25, 0.3) is 0 Å². The lowest BCUT2D eigenvalue weighted by Gasteiger charge is -2.28. The molecule has 6 nitrogen and oxygen atoms in total. The molecule has 1 saturated carbocycles. The standard InChI is InChI=1S/C19H23N5O/c1-12-8-13(2)23-19(22-12)21-11-15-9-17(25)24(16-5-6-16)18(15)14-4-3-7-20-10-14/h3-4,7-8,10,15-16,18H,5-6,9,11H2,1-2H3,(H,21,22,23)/t15-,18-/m0/s1. The molecule has 1 aliphatic heterocycles. The summed E-state index contributed by atoms with van der Waals surface area (Å²) in [4.78, 5) is 27.9. The van der Waals surface area contributed by atoms with Gasteiger partial charge in [-0.15, -0.1) is 0 Å². The van der Waals surface area contributed by atoms with E-state index < -0.39 is 0 Å². The van der Waals surface area contributed by atoms with E-state index in [2.05, 4.69) is 31.2 Å². The van der Waals surface area contributed by atoms with E-state index in [1.165, 1.54) is 0 Å². The summed E-state index contributed by atoms with van der Waals surface area (Å²) < 4.78 is 0. The monoisotopic (exact) mass is 337 g/mol. The molecule has 2 fully saturated rings. The molecule has 0 radical (unpaired) electrons. The predicted molar refractivity (Wildman–Crippen MR) is 94.9 cm³/mol. The maximum atomic E-state index is 12.6. The van der Waals surface area contributed by atoms with E-state index in [9.17, 15) is 4.79 Å². The van der Waals surface area contributed by atoms with Crippen LogP contribution in [0.25, 0.3) is 0 Å². The average Bonchev–Trinajstić information content (AvgIpc) is 3.36. The minimum Gasteiger partial charge on any atom is -0.354 e. The molecule has 0 aromatic carbocycles. The Morgan fingerprint density at radius 1 is 1.24 bits per heavy atom. The fourth-order valence-electron chi connectivity index (χ4n) is 3.80. The smallest absolute Gasteiger partial charge is 0.223 e. The zero-order valence-electron chi connectivity index (χ0n) is 14.6. The van der Waals surface area contributed by atoms with E-state index in [0.717, 1.165) is 29.8 Å². The molecular weight excluding hydrogens is 314 g/mol. The number of hydrogen-bond donors (Lipinski definition) is 1. The van der Waals surface area contributed by atoms with Crippen molar-refractivity contribution in [1.82, 2.24) is 19.9 Å². The molecule has 2 aliphatic rings. The zero-order chi connectivity index (χ0) is 17.4. The molecule has 1 amide bonds. The number of nitrogens with one attached hydrogen (secondary N) is 1. The summed E-state index contributed by atoms with van der Waals surface area (Å²) in [7, 11) is 0. The highest BCUT2D eigenvalue weighted by Crippen LogP contribution is 2.44. The molecule has 6 heteroatoms. The zero-order valence-corrected chi connectivity index (χ0v) is 14.6.